The maximum Gasteiger partial charge on any atom is 0.306 e. The third-order valence-electron chi connectivity index (χ3n) is 7.80. The molecule has 0 radical (unpaired) electrons. The van der Waals surface area contributed by atoms with Crippen molar-refractivity contribution in [3.8, 4) is 0 Å². The highest BCUT2D eigenvalue weighted by atomic mass is 16.4. The topological polar surface area (TPSA) is 103 Å². The summed E-state index contributed by atoms with van der Waals surface area (Å²) in [4.78, 5) is 44.9. The van der Waals surface area contributed by atoms with Crippen LogP contribution < -0.4 is 5.32 Å². The number of pyridine rings is 1. The Hall–Kier alpha value is -2.64. The summed E-state index contributed by atoms with van der Waals surface area (Å²) < 4.78 is 0. The number of fused-ring (bicyclic) bond motifs is 1. The number of anilines is 1. The molecule has 2 amide bonds. The number of nitrogens with one attached hydrogen (secondary N) is 1. The number of hydrogen-bond acceptors (Lipinski definition) is 5. The van der Waals surface area contributed by atoms with E-state index in [-0.39, 0.29) is 41.1 Å². The third-order valence-corrected chi connectivity index (χ3v) is 7.80. The number of amides is 2. The van der Waals surface area contributed by atoms with Gasteiger partial charge >= 0.3 is 5.97 Å². The van der Waals surface area contributed by atoms with Crippen LogP contribution in [0.4, 0.5) is 5.82 Å². The van der Waals surface area contributed by atoms with E-state index in [0.717, 1.165) is 56.3 Å². The number of likely N-dealkylation sites (N-methyl/N-ethyl adjacent to an activating group) is 1. The number of nitrogens with zero attached hydrogens (tertiary/aromatic N) is 3. The molecule has 172 valence electrons. The van der Waals surface area contributed by atoms with Crippen molar-refractivity contribution in [3.05, 3.63) is 23.4 Å². The van der Waals surface area contributed by atoms with Crippen molar-refractivity contribution in [3.63, 3.8) is 0 Å². The second kappa shape index (κ2) is 7.74. The minimum atomic E-state index is -0.691. The van der Waals surface area contributed by atoms with Crippen LogP contribution in [0.25, 0.3) is 0 Å². The molecule has 3 heterocycles. The minimum Gasteiger partial charge on any atom is -0.481 e. The monoisotopic (exact) mass is 440 g/mol. The maximum absolute atomic E-state index is 13.1. The van der Waals surface area contributed by atoms with E-state index in [2.05, 4.69) is 17.2 Å². The van der Waals surface area contributed by atoms with E-state index < -0.39 is 5.97 Å². The first-order valence-electron chi connectivity index (χ1n) is 11.8. The average Bonchev–Trinajstić information content (AvgIpc) is 3.69. The Morgan fingerprint density at radius 2 is 2.09 bits per heavy atom. The average molecular weight is 441 g/mol. The van der Waals surface area contributed by atoms with Crippen LogP contribution in [-0.4, -0.2) is 69.4 Å². The zero-order valence-electron chi connectivity index (χ0n) is 18.8. The lowest BCUT2D eigenvalue weighted by Crippen LogP contribution is -2.41. The molecule has 0 bridgehead atoms. The number of carboxylic acids is 1. The highest BCUT2D eigenvalue weighted by Crippen LogP contribution is 2.47. The number of aliphatic carboxylic acids is 1. The van der Waals surface area contributed by atoms with E-state index in [1.807, 2.05) is 22.9 Å². The molecule has 5 rings (SSSR count). The first-order valence-corrected chi connectivity index (χ1v) is 11.8. The second-order valence-corrected chi connectivity index (χ2v) is 10.5. The van der Waals surface area contributed by atoms with Gasteiger partial charge in [0.05, 0.1) is 17.5 Å². The lowest BCUT2D eigenvalue weighted by molar-refractivity contribution is -0.139. The van der Waals surface area contributed by atoms with Crippen LogP contribution in [0.15, 0.2) is 12.3 Å². The van der Waals surface area contributed by atoms with E-state index in [1.54, 1.807) is 6.20 Å². The van der Waals surface area contributed by atoms with Crippen LogP contribution in [0.2, 0.25) is 0 Å². The molecule has 1 aromatic rings. The van der Waals surface area contributed by atoms with Crippen molar-refractivity contribution in [1.29, 1.82) is 0 Å². The fraction of sp³-hybridized carbons (Fsp3) is 0.667. The van der Waals surface area contributed by atoms with Gasteiger partial charge in [-0.05, 0) is 69.4 Å². The molecule has 0 spiro atoms. The van der Waals surface area contributed by atoms with Crippen molar-refractivity contribution in [2.45, 2.75) is 63.5 Å². The van der Waals surface area contributed by atoms with Crippen LogP contribution in [0.5, 0.6) is 0 Å². The van der Waals surface area contributed by atoms with Crippen LogP contribution >= 0.6 is 0 Å². The van der Waals surface area contributed by atoms with Crippen molar-refractivity contribution >= 4 is 23.6 Å². The first-order chi connectivity index (χ1) is 15.2. The molecule has 4 aliphatic rings. The summed E-state index contributed by atoms with van der Waals surface area (Å²) in [6, 6.07) is 2.04. The Bertz CT molecular complexity index is 961. The standard InChI is InChI=1S/C24H32N4O4/c1-24(11-16-10-19(16)23(31)32)7-5-15-9-17(12-25-20(15)26-24)22(30)28-8-6-18(13-28)27(2)21(29)14-3-4-14/h9,12,14,16,18-19H,3-8,10-11,13H2,1-2H3,(H,25,26)(H,31,32)/t16?,18-,19?,24?/m0/s1. The van der Waals surface area contributed by atoms with Gasteiger partial charge in [-0.25, -0.2) is 4.98 Å². The summed E-state index contributed by atoms with van der Waals surface area (Å²) in [5.74, 6) is 0.537. The minimum absolute atomic E-state index is 0.0225. The third kappa shape index (κ3) is 4.07. The molecule has 4 atom stereocenters. The van der Waals surface area contributed by atoms with Gasteiger partial charge < -0.3 is 20.2 Å². The smallest absolute Gasteiger partial charge is 0.306 e. The van der Waals surface area contributed by atoms with Crippen LogP contribution in [0, 0.1) is 17.8 Å². The molecule has 3 unspecified atom stereocenters. The van der Waals surface area contributed by atoms with E-state index >= 15 is 0 Å². The molecule has 3 fully saturated rings. The molecule has 2 aliphatic heterocycles. The van der Waals surface area contributed by atoms with E-state index in [1.165, 1.54) is 0 Å². The van der Waals surface area contributed by atoms with Crippen molar-refractivity contribution < 1.29 is 19.5 Å². The number of aromatic nitrogens is 1. The number of carboxylic acid groups (broad SMARTS) is 1. The summed E-state index contributed by atoms with van der Waals surface area (Å²) in [7, 11) is 1.86. The summed E-state index contributed by atoms with van der Waals surface area (Å²) >= 11 is 0. The van der Waals surface area contributed by atoms with Crippen molar-refractivity contribution in [1.82, 2.24) is 14.8 Å². The quantitative estimate of drug-likeness (QED) is 0.704. The largest absolute Gasteiger partial charge is 0.481 e. The van der Waals surface area contributed by atoms with Gasteiger partial charge in [-0.15, -0.1) is 0 Å². The van der Waals surface area contributed by atoms with Gasteiger partial charge in [-0.2, -0.15) is 0 Å². The lowest BCUT2D eigenvalue weighted by atomic mass is 9.84. The summed E-state index contributed by atoms with van der Waals surface area (Å²) in [6.07, 6.45) is 7.74. The molecule has 8 nitrogen and oxygen atoms in total. The molecule has 1 saturated heterocycles. The molecule has 8 heteroatoms. The van der Waals surface area contributed by atoms with E-state index in [4.69, 9.17) is 0 Å². The molecular weight excluding hydrogens is 408 g/mol. The molecule has 0 aromatic carbocycles. The molecule has 1 aromatic heterocycles. The van der Waals surface area contributed by atoms with E-state index in [9.17, 15) is 19.5 Å². The van der Waals surface area contributed by atoms with Crippen molar-refractivity contribution in [2.24, 2.45) is 17.8 Å². The Labute approximate surface area is 188 Å². The fourth-order valence-electron chi connectivity index (χ4n) is 5.42. The molecule has 2 aliphatic carbocycles. The predicted molar refractivity (Wildman–Crippen MR) is 118 cm³/mol. The highest BCUT2D eigenvalue weighted by Gasteiger charge is 2.47. The number of carbonyl (C=O) groups excluding carboxylic acids is 2. The Kier molecular flexibility index (Phi) is 5.13. The molecule has 2 saturated carbocycles. The van der Waals surface area contributed by atoms with Gasteiger partial charge in [0.25, 0.3) is 5.91 Å². The number of aryl methyl sites for hydroxylation is 1. The van der Waals surface area contributed by atoms with Gasteiger partial charge in [0.15, 0.2) is 0 Å². The van der Waals surface area contributed by atoms with Gasteiger partial charge in [-0.1, -0.05) is 0 Å². The number of hydrogen-bond donors (Lipinski definition) is 2. The summed E-state index contributed by atoms with van der Waals surface area (Å²) in [5.41, 5.74) is 1.47. The predicted octanol–water partition coefficient (Wildman–Crippen LogP) is 2.39. The molecular formula is C24H32N4O4. The summed E-state index contributed by atoms with van der Waals surface area (Å²) in [5, 5.41) is 12.7. The zero-order chi connectivity index (χ0) is 22.6. The van der Waals surface area contributed by atoms with Gasteiger partial charge in [0.1, 0.15) is 5.82 Å². The summed E-state index contributed by atoms with van der Waals surface area (Å²) in [6.45, 7) is 3.37. The Morgan fingerprint density at radius 1 is 1.31 bits per heavy atom. The van der Waals surface area contributed by atoms with Gasteiger partial charge in [-0.3, -0.25) is 14.4 Å². The maximum atomic E-state index is 13.1. The van der Waals surface area contributed by atoms with Gasteiger partial charge in [0.2, 0.25) is 5.91 Å². The van der Waals surface area contributed by atoms with E-state index in [0.29, 0.717) is 18.7 Å². The molecule has 32 heavy (non-hydrogen) atoms. The van der Waals surface area contributed by atoms with Gasteiger partial charge in [0, 0.05) is 37.8 Å². The zero-order valence-corrected chi connectivity index (χ0v) is 18.8. The highest BCUT2D eigenvalue weighted by molar-refractivity contribution is 5.94. The second-order valence-electron chi connectivity index (χ2n) is 10.5. The first kappa shape index (κ1) is 21.2. The number of rotatable bonds is 6. The fourth-order valence-corrected chi connectivity index (χ4v) is 5.42. The normalized spacial score (nSPS) is 30.9. The molecule has 2 N–H and O–H groups in total. The number of carbonyl (C=O) groups is 3. The van der Waals surface area contributed by atoms with Crippen LogP contribution in [0.3, 0.4) is 0 Å². The number of likely N-dealkylation sites (tertiary alicyclic amines) is 1. The van der Waals surface area contributed by atoms with Crippen LogP contribution in [0.1, 0.15) is 61.4 Å². The Balaban J connectivity index is 1.21. The SMILES string of the molecule is CN(C(=O)C1CC1)[C@H]1CCN(C(=O)c2cnc3c(c2)CCC(C)(CC2CC2C(=O)O)N3)C1. The lowest BCUT2D eigenvalue weighted by Gasteiger charge is -2.37. The Morgan fingerprint density at radius 3 is 2.78 bits per heavy atom. The van der Waals surface area contributed by atoms with Crippen LogP contribution in [-0.2, 0) is 16.0 Å². The van der Waals surface area contributed by atoms with Crippen molar-refractivity contribution in [2.75, 3.05) is 25.5 Å².